The third-order valence-corrected chi connectivity index (χ3v) is 4.17. The molecule has 1 N–H and O–H groups in total. The van der Waals surface area contributed by atoms with Crippen LogP contribution in [0.2, 0.25) is 0 Å². The van der Waals surface area contributed by atoms with E-state index in [9.17, 15) is 18.0 Å². The summed E-state index contributed by atoms with van der Waals surface area (Å²) in [5, 5.41) is 9.48. The largest absolute Gasteiger partial charge is 0.299 e. The Morgan fingerprint density at radius 2 is 2.06 bits per heavy atom. The molecule has 1 aromatic rings. The van der Waals surface area contributed by atoms with Crippen molar-refractivity contribution >= 4 is 10.0 Å². The second-order valence-electron chi connectivity index (χ2n) is 3.92. The van der Waals surface area contributed by atoms with Gasteiger partial charge < -0.3 is 0 Å². The van der Waals surface area contributed by atoms with Crippen molar-refractivity contribution in [3.63, 3.8) is 0 Å². The highest BCUT2D eigenvalue weighted by molar-refractivity contribution is 7.89. The van der Waals surface area contributed by atoms with Crippen LogP contribution in [-0.4, -0.2) is 24.1 Å². The molecule has 1 aliphatic carbocycles. The zero-order chi connectivity index (χ0) is 11.9. The quantitative estimate of drug-likeness (QED) is 0.824. The van der Waals surface area contributed by atoms with E-state index in [1.165, 1.54) is 13.0 Å². The van der Waals surface area contributed by atoms with E-state index in [2.05, 4.69) is 0 Å². The summed E-state index contributed by atoms with van der Waals surface area (Å²) in [6.45, 7) is 1.48. The molecule has 0 spiro atoms. The summed E-state index contributed by atoms with van der Waals surface area (Å²) in [6.07, 6.45) is 1.33. The van der Waals surface area contributed by atoms with E-state index in [1.54, 1.807) is 0 Å². The second-order valence-corrected chi connectivity index (χ2v) is 5.72. The van der Waals surface area contributed by atoms with Crippen molar-refractivity contribution in [1.82, 2.24) is 4.47 Å². The van der Waals surface area contributed by atoms with Gasteiger partial charge in [-0.1, -0.05) is 4.47 Å². The second kappa shape index (κ2) is 3.80. The van der Waals surface area contributed by atoms with Gasteiger partial charge in [0.15, 0.2) is 0 Å². The first-order valence-electron chi connectivity index (χ1n) is 4.92. The molecule has 2 rings (SSSR count). The van der Waals surface area contributed by atoms with Gasteiger partial charge >= 0.3 is 0 Å². The lowest BCUT2D eigenvalue weighted by atomic mass is 10.2. The standard InChI is InChI=1S/C10H12FNO3S/c1-7-6-9(4-5-10(7)11)16(14,15)12(13)8-2-3-8/h4-6,8,13H,2-3H2,1H3. The van der Waals surface area contributed by atoms with E-state index in [4.69, 9.17) is 0 Å². The summed E-state index contributed by atoms with van der Waals surface area (Å²) in [4.78, 5) is -0.0826. The number of benzene rings is 1. The summed E-state index contributed by atoms with van der Waals surface area (Å²) in [7, 11) is -3.89. The molecule has 0 saturated heterocycles. The van der Waals surface area contributed by atoms with E-state index in [0.717, 1.165) is 12.1 Å². The van der Waals surface area contributed by atoms with Gasteiger partial charge in [0.2, 0.25) is 0 Å². The molecule has 6 heteroatoms. The normalized spacial score (nSPS) is 16.8. The molecule has 0 unspecified atom stereocenters. The lowest BCUT2D eigenvalue weighted by molar-refractivity contribution is -0.00502. The van der Waals surface area contributed by atoms with Gasteiger partial charge in [0.05, 0.1) is 10.9 Å². The number of halogens is 1. The fourth-order valence-corrected chi connectivity index (χ4v) is 2.76. The monoisotopic (exact) mass is 245 g/mol. The van der Waals surface area contributed by atoms with Gasteiger partial charge in [-0.2, -0.15) is 0 Å². The molecule has 0 radical (unpaired) electrons. The van der Waals surface area contributed by atoms with Crippen molar-refractivity contribution in [1.29, 1.82) is 0 Å². The predicted octanol–water partition coefficient (Wildman–Crippen LogP) is 1.68. The van der Waals surface area contributed by atoms with Crippen LogP contribution >= 0.6 is 0 Å². The van der Waals surface area contributed by atoms with Crippen molar-refractivity contribution in [3.8, 4) is 0 Å². The Hall–Kier alpha value is -0.980. The van der Waals surface area contributed by atoms with Crippen molar-refractivity contribution in [2.45, 2.75) is 30.7 Å². The molecule has 0 heterocycles. The van der Waals surface area contributed by atoms with Crippen LogP contribution in [0.4, 0.5) is 4.39 Å². The van der Waals surface area contributed by atoms with Crippen LogP contribution in [0.15, 0.2) is 23.1 Å². The average molecular weight is 245 g/mol. The van der Waals surface area contributed by atoms with E-state index in [-0.39, 0.29) is 16.5 Å². The third-order valence-electron chi connectivity index (χ3n) is 2.53. The Bertz CT molecular complexity index is 511. The van der Waals surface area contributed by atoms with Crippen molar-refractivity contribution < 1.29 is 18.0 Å². The first-order valence-corrected chi connectivity index (χ1v) is 6.36. The molecule has 1 saturated carbocycles. The smallest absolute Gasteiger partial charge is 0.265 e. The van der Waals surface area contributed by atoms with Gasteiger partial charge in [0.25, 0.3) is 10.0 Å². The molecule has 0 bridgehead atoms. The highest BCUT2D eigenvalue weighted by atomic mass is 32.2. The number of sulfonamides is 1. The topological polar surface area (TPSA) is 57.6 Å². The minimum absolute atomic E-state index is 0.0826. The lowest BCUT2D eigenvalue weighted by Crippen LogP contribution is -2.29. The van der Waals surface area contributed by atoms with Gasteiger partial charge in [0.1, 0.15) is 5.82 Å². The zero-order valence-electron chi connectivity index (χ0n) is 8.72. The van der Waals surface area contributed by atoms with Crippen LogP contribution in [0, 0.1) is 12.7 Å². The highest BCUT2D eigenvalue weighted by Crippen LogP contribution is 2.30. The minimum atomic E-state index is -3.89. The van der Waals surface area contributed by atoms with Crippen molar-refractivity contribution in [2.75, 3.05) is 0 Å². The Labute approximate surface area is 93.3 Å². The Morgan fingerprint density at radius 1 is 1.44 bits per heavy atom. The van der Waals surface area contributed by atoms with E-state index >= 15 is 0 Å². The summed E-state index contributed by atoms with van der Waals surface area (Å²) in [5.41, 5.74) is 0.241. The predicted molar refractivity (Wildman–Crippen MR) is 55.0 cm³/mol. The van der Waals surface area contributed by atoms with Gasteiger partial charge in [-0.3, -0.25) is 5.21 Å². The summed E-state index contributed by atoms with van der Waals surface area (Å²) < 4.78 is 37.0. The van der Waals surface area contributed by atoms with Crippen LogP contribution in [0.1, 0.15) is 18.4 Å². The fraction of sp³-hybridized carbons (Fsp3) is 0.400. The number of hydrogen-bond acceptors (Lipinski definition) is 3. The fourth-order valence-electron chi connectivity index (χ4n) is 1.38. The van der Waals surface area contributed by atoms with Crippen LogP contribution < -0.4 is 0 Å². The number of hydrogen-bond donors (Lipinski definition) is 1. The third kappa shape index (κ3) is 1.95. The Balaban J connectivity index is 2.38. The van der Waals surface area contributed by atoms with Crippen LogP contribution in [0.5, 0.6) is 0 Å². The van der Waals surface area contributed by atoms with Crippen molar-refractivity contribution in [3.05, 3.63) is 29.6 Å². The molecule has 0 atom stereocenters. The number of nitrogens with zero attached hydrogens (tertiary/aromatic N) is 1. The molecule has 0 amide bonds. The maximum Gasteiger partial charge on any atom is 0.265 e. The minimum Gasteiger partial charge on any atom is -0.299 e. The van der Waals surface area contributed by atoms with Gasteiger partial charge in [-0.05, 0) is 43.5 Å². The molecular formula is C10H12FNO3S. The molecule has 1 aromatic carbocycles. The van der Waals surface area contributed by atoms with Crippen LogP contribution in [0.3, 0.4) is 0 Å². The van der Waals surface area contributed by atoms with E-state index in [1.807, 2.05) is 0 Å². The van der Waals surface area contributed by atoms with Gasteiger partial charge in [0, 0.05) is 0 Å². The Morgan fingerprint density at radius 3 is 2.56 bits per heavy atom. The molecule has 1 fully saturated rings. The van der Waals surface area contributed by atoms with Gasteiger partial charge in [-0.15, -0.1) is 0 Å². The molecule has 16 heavy (non-hydrogen) atoms. The molecular weight excluding hydrogens is 233 g/mol. The number of aryl methyl sites for hydroxylation is 1. The summed E-state index contributed by atoms with van der Waals surface area (Å²) >= 11 is 0. The molecule has 88 valence electrons. The molecule has 0 aromatic heterocycles. The number of hydroxylamine groups is 1. The van der Waals surface area contributed by atoms with Gasteiger partial charge in [-0.25, -0.2) is 12.8 Å². The Kier molecular flexibility index (Phi) is 2.73. The van der Waals surface area contributed by atoms with Crippen LogP contribution in [0.25, 0.3) is 0 Å². The molecule has 1 aliphatic rings. The summed E-state index contributed by atoms with van der Waals surface area (Å²) in [5.74, 6) is -0.463. The average Bonchev–Trinajstić information content (AvgIpc) is 3.04. The van der Waals surface area contributed by atoms with Crippen LogP contribution in [-0.2, 0) is 10.0 Å². The van der Waals surface area contributed by atoms with E-state index in [0.29, 0.717) is 17.3 Å². The molecule has 0 aliphatic heterocycles. The zero-order valence-corrected chi connectivity index (χ0v) is 9.54. The first-order chi connectivity index (χ1) is 7.43. The highest BCUT2D eigenvalue weighted by Gasteiger charge is 2.37. The SMILES string of the molecule is Cc1cc(S(=O)(=O)N(O)C2CC2)ccc1F. The molecule has 4 nitrogen and oxygen atoms in total. The lowest BCUT2D eigenvalue weighted by Gasteiger charge is -2.14. The maximum atomic E-state index is 13.0. The first kappa shape index (κ1) is 11.5. The maximum absolute atomic E-state index is 13.0. The summed E-state index contributed by atoms with van der Waals surface area (Å²) in [6, 6.07) is 3.14. The van der Waals surface area contributed by atoms with Crippen molar-refractivity contribution in [2.24, 2.45) is 0 Å². The number of rotatable bonds is 3. The van der Waals surface area contributed by atoms with E-state index < -0.39 is 15.8 Å².